The molecular weight excluding hydrogens is 353 g/mol. The van der Waals surface area contributed by atoms with Crippen LogP contribution in [0.5, 0.6) is 0 Å². The summed E-state index contributed by atoms with van der Waals surface area (Å²) in [4.78, 5) is 29.6. The Balaban J connectivity index is 0.00000264. The van der Waals surface area contributed by atoms with E-state index in [1.54, 1.807) is 17.2 Å². The zero-order valence-electron chi connectivity index (χ0n) is 13.6. The van der Waals surface area contributed by atoms with E-state index in [0.717, 1.165) is 12.0 Å². The molecule has 5 N–H and O–H groups in total. The van der Waals surface area contributed by atoms with Gasteiger partial charge in [-0.2, -0.15) is 0 Å². The standard InChI is InChI=1S/C15H23N5O2.2ClH/c1-10(21)20-8-12(4-5-13(16)9-20)15(22)19-7-11-3-2-6-18-14(11)17;;/h2-3,6,12-13H,4-5,7-9,16H2,1H3,(H2,17,18)(H,19,22);2*1H/t12-,13+;;/m1../s1. The second-order valence-electron chi connectivity index (χ2n) is 5.72. The van der Waals surface area contributed by atoms with E-state index in [2.05, 4.69) is 10.3 Å². The highest BCUT2D eigenvalue weighted by molar-refractivity contribution is 5.85. The van der Waals surface area contributed by atoms with E-state index >= 15 is 0 Å². The summed E-state index contributed by atoms with van der Waals surface area (Å²) in [5, 5.41) is 2.87. The van der Waals surface area contributed by atoms with Crippen molar-refractivity contribution in [2.75, 3.05) is 18.8 Å². The van der Waals surface area contributed by atoms with E-state index in [9.17, 15) is 9.59 Å². The summed E-state index contributed by atoms with van der Waals surface area (Å²) < 4.78 is 0. The van der Waals surface area contributed by atoms with E-state index in [4.69, 9.17) is 11.5 Å². The van der Waals surface area contributed by atoms with Crippen LogP contribution in [0.3, 0.4) is 0 Å². The smallest absolute Gasteiger partial charge is 0.225 e. The number of nitrogen functional groups attached to an aromatic ring is 1. The number of likely N-dealkylation sites (tertiary alicyclic amines) is 1. The molecule has 0 spiro atoms. The SMILES string of the molecule is CC(=O)N1C[C@@H](N)CC[C@@H](C(=O)NCc2cccnc2N)C1.Cl.Cl. The molecule has 1 aromatic rings. The average Bonchev–Trinajstić information content (AvgIpc) is 2.68. The van der Waals surface area contributed by atoms with Crippen LogP contribution in [0.25, 0.3) is 0 Å². The third-order valence-electron chi connectivity index (χ3n) is 3.98. The molecule has 0 aromatic carbocycles. The zero-order valence-corrected chi connectivity index (χ0v) is 15.2. The first-order valence-corrected chi connectivity index (χ1v) is 7.45. The Labute approximate surface area is 154 Å². The van der Waals surface area contributed by atoms with Crippen molar-refractivity contribution in [1.29, 1.82) is 0 Å². The molecule has 0 unspecified atom stereocenters. The van der Waals surface area contributed by atoms with Gasteiger partial charge in [0.1, 0.15) is 5.82 Å². The molecule has 136 valence electrons. The quantitative estimate of drug-likeness (QED) is 0.717. The van der Waals surface area contributed by atoms with Gasteiger partial charge in [-0.3, -0.25) is 9.59 Å². The maximum absolute atomic E-state index is 12.4. The van der Waals surface area contributed by atoms with E-state index in [1.807, 2.05) is 6.07 Å². The molecule has 2 atom stereocenters. The molecule has 1 aliphatic rings. The maximum atomic E-state index is 12.4. The van der Waals surface area contributed by atoms with Crippen LogP contribution in [-0.2, 0) is 16.1 Å². The number of pyridine rings is 1. The summed E-state index contributed by atoms with van der Waals surface area (Å²) in [5.41, 5.74) is 12.5. The second kappa shape index (κ2) is 10.3. The van der Waals surface area contributed by atoms with Gasteiger partial charge < -0.3 is 21.7 Å². The summed E-state index contributed by atoms with van der Waals surface area (Å²) in [7, 11) is 0. The van der Waals surface area contributed by atoms with Crippen LogP contribution in [0.15, 0.2) is 18.3 Å². The number of halogens is 2. The van der Waals surface area contributed by atoms with E-state index < -0.39 is 0 Å². The fourth-order valence-corrected chi connectivity index (χ4v) is 2.62. The first-order chi connectivity index (χ1) is 10.5. The molecule has 1 saturated heterocycles. The number of rotatable bonds is 3. The molecule has 0 saturated carbocycles. The van der Waals surface area contributed by atoms with Gasteiger partial charge in [0.15, 0.2) is 0 Å². The number of hydrogen-bond acceptors (Lipinski definition) is 5. The topological polar surface area (TPSA) is 114 Å². The van der Waals surface area contributed by atoms with Gasteiger partial charge in [0, 0.05) is 44.4 Å². The third-order valence-corrected chi connectivity index (χ3v) is 3.98. The van der Waals surface area contributed by atoms with Crippen molar-refractivity contribution in [3.05, 3.63) is 23.9 Å². The summed E-state index contributed by atoms with van der Waals surface area (Å²) >= 11 is 0. The van der Waals surface area contributed by atoms with Crippen LogP contribution >= 0.6 is 24.8 Å². The molecule has 1 aromatic heterocycles. The Hall–Kier alpha value is -1.57. The summed E-state index contributed by atoms with van der Waals surface area (Å²) in [6, 6.07) is 3.53. The van der Waals surface area contributed by atoms with Crippen molar-refractivity contribution in [1.82, 2.24) is 15.2 Å². The summed E-state index contributed by atoms with van der Waals surface area (Å²) in [5.74, 6) is 0.0432. The minimum Gasteiger partial charge on any atom is -0.383 e. The first kappa shape index (κ1) is 22.4. The fourth-order valence-electron chi connectivity index (χ4n) is 2.62. The maximum Gasteiger partial charge on any atom is 0.225 e. The zero-order chi connectivity index (χ0) is 16.1. The molecule has 1 aliphatic heterocycles. The number of nitrogens with zero attached hydrogens (tertiary/aromatic N) is 2. The van der Waals surface area contributed by atoms with Crippen molar-refractivity contribution < 1.29 is 9.59 Å². The van der Waals surface area contributed by atoms with Crippen LogP contribution < -0.4 is 16.8 Å². The number of carbonyl (C=O) groups is 2. The number of hydrogen-bond donors (Lipinski definition) is 3. The number of anilines is 1. The van der Waals surface area contributed by atoms with Gasteiger partial charge in [0.05, 0.1) is 5.92 Å². The lowest BCUT2D eigenvalue weighted by Crippen LogP contribution is -2.42. The number of nitrogens with two attached hydrogens (primary N) is 2. The minimum absolute atomic E-state index is 0. The molecule has 7 nitrogen and oxygen atoms in total. The van der Waals surface area contributed by atoms with Gasteiger partial charge in [0.2, 0.25) is 11.8 Å². The number of carbonyl (C=O) groups excluding carboxylic acids is 2. The molecule has 0 aliphatic carbocycles. The monoisotopic (exact) mass is 377 g/mol. The predicted molar refractivity (Wildman–Crippen MR) is 97.9 cm³/mol. The van der Waals surface area contributed by atoms with Gasteiger partial charge in [0.25, 0.3) is 0 Å². The van der Waals surface area contributed by atoms with Crippen LogP contribution in [0, 0.1) is 5.92 Å². The van der Waals surface area contributed by atoms with Crippen LogP contribution in [0.4, 0.5) is 5.82 Å². The lowest BCUT2D eigenvalue weighted by atomic mass is 10.0. The lowest BCUT2D eigenvalue weighted by Gasteiger charge is -2.23. The second-order valence-corrected chi connectivity index (χ2v) is 5.72. The Bertz CT molecular complexity index is 558. The van der Waals surface area contributed by atoms with Crippen molar-refractivity contribution >= 4 is 42.4 Å². The third kappa shape index (κ3) is 6.14. The van der Waals surface area contributed by atoms with Gasteiger partial charge in [-0.1, -0.05) is 6.07 Å². The van der Waals surface area contributed by atoms with Crippen molar-refractivity contribution in [2.45, 2.75) is 32.4 Å². The Morgan fingerprint density at radius 3 is 2.67 bits per heavy atom. The lowest BCUT2D eigenvalue weighted by molar-refractivity contribution is -0.131. The van der Waals surface area contributed by atoms with Crippen LogP contribution in [0.2, 0.25) is 0 Å². The van der Waals surface area contributed by atoms with Crippen molar-refractivity contribution in [3.63, 3.8) is 0 Å². The molecule has 1 fully saturated rings. The molecule has 9 heteroatoms. The van der Waals surface area contributed by atoms with Gasteiger partial charge in [-0.25, -0.2) is 4.98 Å². The molecule has 24 heavy (non-hydrogen) atoms. The summed E-state index contributed by atoms with van der Waals surface area (Å²) in [6.07, 6.45) is 3.02. The molecule has 0 radical (unpaired) electrons. The molecule has 2 rings (SSSR count). The van der Waals surface area contributed by atoms with Crippen LogP contribution in [-0.4, -0.2) is 40.8 Å². The Morgan fingerprint density at radius 1 is 1.33 bits per heavy atom. The van der Waals surface area contributed by atoms with Crippen molar-refractivity contribution in [3.8, 4) is 0 Å². The largest absolute Gasteiger partial charge is 0.383 e. The highest BCUT2D eigenvalue weighted by atomic mass is 35.5. The number of amides is 2. The molecule has 2 heterocycles. The van der Waals surface area contributed by atoms with E-state index in [1.165, 1.54) is 6.92 Å². The van der Waals surface area contributed by atoms with E-state index in [-0.39, 0.29) is 48.6 Å². The highest BCUT2D eigenvalue weighted by Gasteiger charge is 2.28. The Kier molecular flexibility index (Phi) is 9.65. The Morgan fingerprint density at radius 2 is 2.04 bits per heavy atom. The van der Waals surface area contributed by atoms with Gasteiger partial charge >= 0.3 is 0 Å². The predicted octanol–water partition coefficient (Wildman–Crippen LogP) is 0.709. The normalized spacial score (nSPS) is 20.2. The molecule has 2 amide bonds. The van der Waals surface area contributed by atoms with Crippen molar-refractivity contribution in [2.24, 2.45) is 11.7 Å². The van der Waals surface area contributed by atoms with Gasteiger partial charge in [-0.15, -0.1) is 24.8 Å². The summed E-state index contributed by atoms with van der Waals surface area (Å²) in [6.45, 7) is 2.76. The van der Waals surface area contributed by atoms with Crippen LogP contribution in [0.1, 0.15) is 25.3 Å². The first-order valence-electron chi connectivity index (χ1n) is 7.45. The average molecular weight is 378 g/mol. The molecular formula is C15H25Cl2N5O2. The van der Waals surface area contributed by atoms with Gasteiger partial charge in [-0.05, 0) is 18.9 Å². The number of aromatic nitrogens is 1. The van der Waals surface area contributed by atoms with E-state index in [0.29, 0.717) is 31.9 Å². The number of nitrogens with one attached hydrogen (secondary N) is 1. The fraction of sp³-hybridized carbons (Fsp3) is 0.533. The molecule has 0 bridgehead atoms. The minimum atomic E-state index is -0.240. The highest BCUT2D eigenvalue weighted by Crippen LogP contribution is 2.17.